The van der Waals surface area contributed by atoms with Gasteiger partial charge in [-0.1, -0.05) is 71.6 Å². The smallest absolute Gasteiger partial charge is 0.308 e. The number of hydrogen-bond acceptors (Lipinski definition) is 6. The number of aryl methyl sites for hydroxylation is 1. The highest BCUT2D eigenvalue weighted by molar-refractivity contribution is 7.99. The highest BCUT2D eigenvalue weighted by Crippen LogP contribution is 2.24. The lowest BCUT2D eigenvalue weighted by molar-refractivity contribution is -0.113. The number of carbonyl (C=O) groups excluding carboxylic acids is 1. The van der Waals surface area contributed by atoms with E-state index in [1.807, 2.05) is 90.4 Å². The average molecular weight is 488 g/mol. The van der Waals surface area contributed by atoms with E-state index in [2.05, 4.69) is 15.5 Å². The molecule has 0 fully saturated rings. The Kier molecular flexibility index (Phi) is 6.29. The fraction of sp³-hybridized carbons (Fsp3) is 0.120. The van der Waals surface area contributed by atoms with E-state index in [0.29, 0.717) is 11.0 Å². The van der Waals surface area contributed by atoms with Crippen LogP contribution in [0.5, 0.6) is 0 Å². The molecule has 1 N–H and O–H groups in total. The van der Waals surface area contributed by atoms with Crippen LogP contribution in [0.25, 0.3) is 15.9 Å². The molecule has 2 heterocycles. The van der Waals surface area contributed by atoms with Gasteiger partial charge in [0.1, 0.15) is 0 Å². The number of hydrogen-bond donors (Lipinski definition) is 1. The van der Waals surface area contributed by atoms with Gasteiger partial charge in [-0.3, -0.25) is 18.7 Å². The maximum atomic E-state index is 12.7. The molecule has 3 aromatic carbocycles. The fourth-order valence-electron chi connectivity index (χ4n) is 3.67. The summed E-state index contributed by atoms with van der Waals surface area (Å²) in [7, 11) is 0. The number of nitrogens with one attached hydrogen (secondary N) is 1. The maximum Gasteiger partial charge on any atom is 0.308 e. The fourth-order valence-corrected chi connectivity index (χ4v) is 5.33. The first-order valence-electron chi connectivity index (χ1n) is 10.7. The minimum atomic E-state index is -0.122. The summed E-state index contributed by atoms with van der Waals surface area (Å²) in [6, 6.07) is 25.1. The predicted octanol–water partition coefficient (Wildman–Crippen LogP) is 4.73. The number of aromatic nitrogens is 4. The average Bonchev–Trinajstić information content (AvgIpc) is 3.40. The molecular weight excluding hydrogens is 466 g/mol. The van der Waals surface area contributed by atoms with Crippen LogP contribution in [0.3, 0.4) is 0 Å². The number of rotatable bonds is 7. The molecule has 9 heteroatoms. The SMILES string of the molecule is Cc1ccccc1NC(=O)CSc1nnc(Cn2c(=O)sc3ccccc32)n1-c1ccccc1. The van der Waals surface area contributed by atoms with Gasteiger partial charge in [-0.15, -0.1) is 10.2 Å². The van der Waals surface area contributed by atoms with Crippen LogP contribution in [-0.2, 0) is 11.3 Å². The molecule has 0 aliphatic heterocycles. The monoisotopic (exact) mass is 487 g/mol. The minimum Gasteiger partial charge on any atom is -0.325 e. The van der Waals surface area contributed by atoms with Crippen LogP contribution in [0.15, 0.2) is 88.8 Å². The van der Waals surface area contributed by atoms with Crippen LogP contribution >= 0.6 is 23.1 Å². The molecule has 0 unspecified atom stereocenters. The van der Waals surface area contributed by atoms with Crippen molar-refractivity contribution in [1.29, 1.82) is 0 Å². The predicted molar refractivity (Wildman–Crippen MR) is 137 cm³/mol. The summed E-state index contributed by atoms with van der Waals surface area (Å²) in [4.78, 5) is 25.2. The first kappa shape index (κ1) is 22.1. The van der Waals surface area contributed by atoms with Gasteiger partial charge in [-0.25, -0.2) is 0 Å². The lowest BCUT2D eigenvalue weighted by atomic mass is 10.2. The topological polar surface area (TPSA) is 81.8 Å². The highest BCUT2D eigenvalue weighted by atomic mass is 32.2. The quantitative estimate of drug-likeness (QED) is 0.336. The molecule has 34 heavy (non-hydrogen) atoms. The number of benzene rings is 3. The number of para-hydroxylation sites is 3. The van der Waals surface area contributed by atoms with Gasteiger partial charge in [0.05, 0.1) is 22.5 Å². The van der Waals surface area contributed by atoms with E-state index in [9.17, 15) is 9.59 Å². The Hall–Kier alpha value is -3.69. The van der Waals surface area contributed by atoms with E-state index in [1.54, 1.807) is 4.57 Å². The van der Waals surface area contributed by atoms with Crippen LogP contribution in [0.2, 0.25) is 0 Å². The van der Waals surface area contributed by atoms with Crippen molar-refractivity contribution in [2.24, 2.45) is 0 Å². The van der Waals surface area contributed by atoms with Gasteiger partial charge in [0.15, 0.2) is 11.0 Å². The maximum absolute atomic E-state index is 12.7. The normalized spacial score (nSPS) is 11.1. The van der Waals surface area contributed by atoms with E-state index in [0.717, 1.165) is 27.2 Å². The molecule has 1 amide bonds. The van der Waals surface area contributed by atoms with Crippen molar-refractivity contribution in [3.05, 3.63) is 99.9 Å². The summed E-state index contributed by atoms with van der Waals surface area (Å²) in [6.45, 7) is 2.23. The van der Waals surface area contributed by atoms with Gasteiger partial charge in [0.2, 0.25) is 5.91 Å². The van der Waals surface area contributed by atoms with Gasteiger partial charge >= 0.3 is 4.87 Å². The van der Waals surface area contributed by atoms with Crippen molar-refractivity contribution in [2.75, 3.05) is 11.1 Å². The van der Waals surface area contributed by atoms with Crippen molar-refractivity contribution in [3.63, 3.8) is 0 Å². The zero-order valence-corrected chi connectivity index (χ0v) is 20.0. The Balaban J connectivity index is 1.43. The zero-order valence-electron chi connectivity index (χ0n) is 18.3. The van der Waals surface area contributed by atoms with Crippen LogP contribution in [0.4, 0.5) is 5.69 Å². The van der Waals surface area contributed by atoms with Gasteiger partial charge in [-0.2, -0.15) is 0 Å². The molecule has 0 bridgehead atoms. The van der Waals surface area contributed by atoms with Gasteiger partial charge in [0, 0.05) is 11.4 Å². The van der Waals surface area contributed by atoms with Crippen LogP contribution in [-0.4, -0.2) is 31.0 Å². The van der Waals surface area contributed by atoms with Crippen molar-refractivity contribution in [1.82, 2.24) is 19.3 Å². The summed E-state index contributed by atoms with van der Waals surface area (Å²) in [5, 5.41) is 12.3. The second kappa shape index (κ2) is 9.66. The molecular formula is C25H21N5O2S2. The van der Waals surface area contributed by atoms with Crippen molar-refractivity contribution < 1.29 is 4.79 Å². The molecule has 0 aliphatic carbocycles. The number of thioether (sulfide) groups is 1. The van der Waals surface area contributed by atoms with Gasteiger partial charge < -0.3 is 5.32 Å². The molecule has 0 aliphatic rings. The Labute approximate surface area is 204 Å². The first-order chi connectivity index (χ1) is 16.6. The molecule has 5 aromatic rings. The van der Waals surface area contributed by atoms with E-state index in [-0.39, 0.29) is 23.1 Å². The lowest BCUT2D eigenvalue weighted by Gasteiger charge is -2.11. The molecule has 5 rings (SSSR count). The third-order valence-electron chi connectivity index (χ3n) is 5.34. The second-order valence-electron chi connectivity index (χ2n) is 7.64. The summed E-state index contributed by atoms with van der Waals surface area (Å²) < 4.78 is 4.55. The number of carbonyl (C=O) groups is 1. The van der Waals surface area contributed by atoms with Crippen LogP contribution in [0, 0.1) is 6.92 Å². The molecule has 0 saturated carbocycles. The molecule has 0 spiro atoms. The Morgan fingerprint density at radius 1 is 0.971 bits per heavy atom. The van der Waals surface area contributed by atoms with E-state index < -0.39 is 0 Å². The standard InChI is InChI=1S/C25H21N5O2S2/c1-17-9-5-6-12-19(17)26-23(31)16-33-24-28-27-22(30(24)18-10-3-2-4-11-18)15-29-20-13-7-8-14-21(20)34-25(29)32/h2-14H,15-16H2,1H3,(H,26,31). The van der Waals surface area contributed by atoms with E-state index >= 15 is 0 Å². The van der Waals surface area contributed by atoms with Crippen molar-refractivity contribution in [3.8, 4) is 5.69 Å². The van der Waals surface area contributed by atoms with E-state index in [1.165, 1.54) is 23.1 Å². The highest BCUT2D eigenvalue weighted by Gasteiger charge is 2.18. The summed E-state index contributed by atoms with van der Waals surface area (Å²) in [5.74, 6) is 0.683. The van der Waals surface area contributed by atoms with E-state index in [4.69, 9.17) is 0 Å². The Morgan fingerprint density at radius 3 is 2.53 bits per heavy atom. The summed E-state index contributed by atoms with van der Waals surface area (Å²) in [5.41, 5.74) is 3.54. The van der Waals surface area contributed by atoms with Crippen LogP contribution in [0.1, 0.15) is 11.4 Å². The molecule has 170 valence electrons. The Bertz CT molecular complexity index is 1520. The van der Waals surface area contributed by atoms with Crippen molar-refractivity contribution in [2.45, 2.75) is 18.6 Å². The van der Waals surface area contributed by atoms with Gasteiger partial charge in [-0.05, 0) is 42.8 Å². The summed E-state index contributed by atoms with van der Waals surface area (Å²) in [6.07, 6.45) is 0. The van der Waals surface area contributed by atoms with Gasteiger partial charge in [0.25, 0.3) is 0 Å². The number of thiazole rings is 1. The Morgan fingerprint density at radius 2 is 1.71 bits per heavy atom. The third-order valence-corrected chi connectivity index (χ3v) is 7.23. The molecule has 0 radical (unpaired) electrons. The minimum absolute atomic E-state index is 0.0457. The first-order valence-corrected chi connectivity index (χ1v) is 12.5. The van der Waals surface area contributed by atoms with Crippen molar-refractivity contribution >= 4 is 44.9 Å². The number of fused-ring (bicyclic) bond motifs is 1. The third kappa shape index (κ3) is 4.52. The number of anilines is 1. The summed E-state index contributed by atoms with van der Waals surface area (Å²) >= 11 is 2.52. The molecule has 0 saturated heterocycles. The van der Waals surface area contributed by atoms with Crippen LogP contribution < -0.4 is 10.2 Å². The molecule has 7 nitrogen and oxygen atoms in total. The largest absolute Gasteiger partial charge is 0.325 e. The number of amides is 1. The lowest BCUT2D eigenvalue weighted by Crippen LogP contribution is -2.17. The zero-order chi connectivity index (χ0) is 23.5. The number of nitrogens with zero attached hydrogens (tertiary/aromatic N) is 4. The second-order valence-corrected chi connectivity index (χ2v) is 9.58. The molecule has 2 aromatic heterocycles. The molecule has 0 atom stereocenters.